The van der Waals surface area contributed by atoms with Gasteiger partial charge in [0.25, 0.3) is 0 Å². The van der Waals surface area contributed by atoms with Crippen molar-refractivity contribution in [1.29, 1.82) is 0 Å². The highest BCUT2D eigenvalue weighted by molar-refractivity contribution is 5.38. The summed E-state index contributed by atoms with van der Waals surface area (Å²) in [4.78, 5) is 0. The molecule has 0 saturated carbocycles. The van der Waals surface area contributed by atoms with E-state index in [9.17, 15) is 0 Å². The molecule has 1 aromatic heterocycles. The van der Waals surface area contributed by atoms with Crippen LogP contribution in [-0.2, 0) is 13.6 Å². The predicted octanol–water partition coefficient (Wildman–Crippen LogP) is 1.09. The van der Waals surface area contributed by atoms with Crippen molar-refractivity contribution in [3.05, 3.63) is 41.2 Å². The smallest absolute Gasteiger partial charge is 0.224 e. The fraction of sp³-hybridized carbons (Fsp3) is 0.385. The molecule has 18 heavy (non-hydrogen) atoms. The number of hydrogen-bond donors (Lipinski definition) is 2. The van der Waals surface area contributed by atoms with Crippen molar-refractivity contribution < 1.29 is 0 Å². The van der Waals surface area contributed by atoms with Gasteiger partial charge in [-0.05, 0) is 11.1 Å². The van der Waals surface area contributed by atoms with Crippen LogP contribution in [0.25, 0.3) is 0 Å². The summed E-state index contributed by atoms with van der Waals surface area (Å²) in [7, 11) is 3.86. The van der Waals surface area contributed by atoms with E-state index in [2.05, 4.69) is 45.1 Å². The number of hydrogen-bond acceptors (Lipinski definition) is 4. The molecule has 94 valence electrons. The Morgan fingerprint density at radius 1 is 1.33 bits per heavy atom. The summed E-state index contributed by atoms with van der Waals surface area (Å²) in [5.74, 6) is 2.07. The molecular weight excluding hydrogens is 226 g/mol. The molecule has 0 amide bonds. The number of nitrogens with zero attached hydrogens (tertiary/aromatic N) is 3. The first-order chi connectivity index (χ1) is 8.81. The molecule has 0 saturated heterocycles. The highest BCUT2D eigenvalue weighted by Gasteiger charge is 2.25. The highest BCUT2D eigenvalue weighted by atomic mass is 15.3. The molecule has 1 aliphatic heterocycles. The molecule has 5 nitrogen and oxygen atoms in total. The van der Waals surface area contributed by atoms with Gasteiger partial charge in [-0.1, -0.05) is 24.3 Å². The third-order valence-electron chi connectivity index (χ3n) is 3.54. The van der Waals surface area contributed by atoms with Crippen LogP contribution >= 0.6 is 0 Å². The molecule has 0 spiro atoms. The zero-order valence-corrected chi connectivity index (χ0v) is 10.6. The van der Waals surface area contributed by atoms with Crippen molar-refractivity contribution in [3.63, 3.8) is 0 Å². The van der Waals surface area contributed by atoms with E-state index in [4.69, 9.17) is 0 Å². The first kappa shape index (κ1) is 11.2. The molecule has 0 bridgehead atoms. The van der Waals surface area contributed by atoms with Gasteiger partial charge in [0, 0.05) is 27.2 Å². The Balaban J connectivity index is 2.05. The molecule has 1 atom stereocenters. The van der Waals surface area contributed by atoms with Gasteiger partial charge in [0.2, 0.25) is 5.95 Å². The molecule has 2 heterocycles. The van der Waals surface area contributed by atoms with Crippen LogP contribution in [-0.4, -0.2) is 28.4 Å². The Kier molecular flexibility index (Phi) is 2.76. The maximum atomic E-state index is 4.32. The van der Waals surface area contributed by atoms with Gasteiger partial charge in [-0.15, -0.1) is 10.2 Å². The van der Waals surface area contributed by atoms with E-state index in [0.29, 0.717) is 0 Å². The summed E-state index contributed by atoms with van der Waals surface area (Å²) in [6.07, 6.45) is 0. The molecule has 1 unspecified atom stereocenters. The molecule has 0 fully saturated rings. The summed E-state index contributed by atoms with van der Waals surface area (Å²) < 4.78 is 2.02. The van der Waals surface area contributed by atoms with E-state index >= 15 is 0 Å². The second kappa shape index (κ2) is 4.42. The highest BCUT2D eigenvalue weighted by Crippen LogP contribution is 2.29. The van der Waals surface area contributed by atoms with Crippen molar-refractivity contribution in [2.75, 3.05) is 18.9 Å². The number of nitrogens with one attached hydrogen (secondary N) is 2. The normalized spacial score (nSPS) is 18.4. The molecule has 5 heteroatoms. The zero-order chi connectivity index (χ0) is 12.5. The number of anilines is 1. The van der Waals surface area contributed by atoms with Crippen LogP contribution in [0, 0.1) is 0 Å². The summed E-state index contributed by atoms with van der Waals surface area (Å²) in [6.45, 7) is 1.84. The van der Waals surface area contributed by atoms with Gasteiger partial charge in [-0.2, -0.15) is 0 Å². The number of benzene rings is 1. The lowest BCUT2D eigenvalue weighted by Crippen LogP contribution is -2.30. The topological polar surface area (TPSA) is 54.8 Å². The Hall–Kier alpha value is -1.88. The second-order valence-electron chi connectivity index (χ2n) is 4.57. The minimum absolute atomic E-state index is 0.273. The van der Waals surface area contributed by atoms with Crippen LogP contribution in [0.5, 0.6) is 0 Å². The number of rotatable bonds is 2. The van der Waals surface area contributed by atoms with Gasteiger partial charge in [-0.25, -0.2) is 0 Å². The Labute approximate surface area is 106 Å². The van der Waals surface area contributed by atoms with Crippen LogP contribution in [0.3, 0.4) is 0 Å². The van der Waals surface area contributed by atoms with Crippen molar-refractivity contribution in [2.45, 2.75) is 12.5 Å². The second-order valence-corrected chi connectivity index (χ2v) is 4.57. The van der Waals surface area contributed by atoms with E-state index in [0.717, 1.165) is 24.9 Å². The van der Waals surface area contributed by atoms with Crippen molar-refractivity contribution in [3.8, 4) is 0 Å². The van der Waals surface area contributed by atoms with Crippen LogP contribution in [0.4, 0.5) is 5.95 Å². The van der Waals surface area contributed by atoms with E-state index in [-0.39, 0.29) is 5.92 Å². The monoisotopic (exact) mass is 243 g/mol. The lowest BCUT2D eigenvalue weighted by Gasteiger charge is -2.25. The number of fused-ring (bicyclic) bond motifs is 1. The first-order valence-corrected chi connectivity index (χ1v) is 6.17. The van der Waals surface area contributed by atoms with Crippen molar-refractivity contribution in [2.24, 2.45) is 7.05 Å². The minimum atomic E-state index is 0.273. The molecule has 2 aromatic rings. The third-order valence-corrected chi connectivity index (χ3v) is 3.54. The lowest BCUT2D eigenvalue weighted by molar-refractivity contribution is 0.558. The van der Waals surface area contributed by atoms with Crippen LogP contribution in [0.2, 0.25) is 0 Å². The summed E-state index contributed by atoms with van der Waals surface area (Å²) in [5, 5.41) is 15.0. The fourth-order valence-electron chi connectivity index (χ4n) is 2.59. The van der Waals surface area contributed by atoms with Gasteiger partial charge in [0.15, 0.2) is 0 Å². The van der Waals surface area contributed by atoms with Crippen molar-refractivity contribution >= 4 is 5.95 Å². The van der Waals surface area contributed by atoms with Crippen LogP contribution in [0.1, 0.15) is 22.9 Å². The molecule has 0 aliphatic carbocycles. The predicted molar refractivity (Wildman–Crippen MR) is 70.5 cm³/mol. The molecule has 2 N–H and O–H groups in total. The fourth-order valence-corrected chi connectivity index (χ4v) is 2.59. The van der Waals surface area contributed by atoms with E-state index < -0.39 is 0 Å². The van der Waals surface area contributed by atoms with Crippen LogP contribution in [0.15, 0.2) is 24.3 Å². The Morgan fingerprint density at radius 2 is 2.17 bits per heavy atom. The van der Waals surface area contributed by atoms with E-state index in [1.54, 1.807) is 0 Å². The van der Waals surface area contributed by atoms with Gasteiger partial charge in [-0.3, -0.25) is 0 Å². The number of aromatic nitrogens is 3. The van der Waals surface area contributed by atoms with E-state index in [1.165, 1.54) is 11.1 Å². The maximum Gasteiger partial charge on any atom is 0.224 e. The minimum Gasteiger partial charge on any atom is -0.357 e. The first-order valence-electron chi connectivity index (χ1n) is 6.17. The average Bonchev–Trinajstić information content (AvgIpc) is 2.79. The average molecular weight is 243 g/mol. The largest absolute Gasteiger partial charge is 0.357 e. The molecular formula is C13H17N5. The SMILES string of the molecule is CNc1nnc(C2CNCc3ccccc32)n1C. The van der Waals surface area contributed by atoms with Gasteiger partial charge >= 0.3 is 0 Å². The zero-order valence-electron chi connectivity index (χ0n) is 10.6. The molecule has 1 aromatic carbocycles. The quantitative estimate of drug-likeness (QED) is 0.829. The van der Waals surface area contributed by atoms with Crippen molar-refractivity contribution in [1.82, 2.24) is 20.1 Å². The summed E-state index contributed by atoms with van der Waals surface area (Å²) in [5.41, 5.74) is 2.71. The Bertz CT molecular complexity index is 560. The standard InChI is InChI=1S/C13H17N5/c1-14-13-17-16-12(18(13)2)11-8-15-7-9-5-3-4-6-10(9)11/h3-6,11,15H,7-8H2,1-2H3,(H,14,17). The molecule has 0 radical (unpaired) electrons. The maximum absolute atomic E-state index is 4.32. The lowest BCUT2D eigenvalue weighted by atomic mass is 9.90. The Morgan fingerprint density at radius 3 is 2.94 bits per heavy atom. The molecule has 3 rings (SSSR count). The van der Waals surface area contributed by atoms with Crippen LogP contribution < -0.4 is 10.6 Å². The molecule has 1 aliphatic rings. The van der Waals surface area contributed by atoms with Gasteiger partial charge < -0.3 is 15.2 Å². The third kappa shape index (κ3) is 1.67. The van der Waals surface area contributed by atoms with E-state index in [1.807, 2.05) is 18.7 Å². The summed E-state index contributed by atoms with van der Waals surface area (Å²) in [6, 6.07) is 8.53. The van der Waals surface area contributed by atoms with Gasteiger partial charge in [0.1, 0.15) is 5.82 Å². The van der Waals surface area contributed by atoms with Gasteiger partial charge in [0.05, 0.1) is 5.92 Å². The summed E-state index contributed by atoms with van der Waals surface area (Å²) >= 11 is 0.